The maximum atomic E-state index is 12.4. The molecule has 0 fully saturated rings. The van der Waals surface area contributed by atoms with Crippen LogP contribution in [-0.4, -0.2) is 18.6 Å². The third-order valence-corrected chi connectivity index (χ3v) is 3.76. The van der Waals surface area contributed by atoms with Crippen molar-refractivity contribution >= 4 is 23.3 Å². The number of carbonyl (C=O) groups is 1. The highest BCUT2D eigenvalue weighted by Crippen LogP contribution is 2.25. The van der Waals surface area contributed by atoms with Crippen molar-refractivity contribution in [2.24, 2.45) is 0 Å². The first-order chi connectivity index (χ1) is 11.2. The van der Waals surface area contributed by atoms with Crippen LogP contribution in [0.1, 0.15) is 18.4 Å². The molecule has 120 valence electrons. The van der Waals surface area contributed by atoms with Gasteiger partial charge in [0.05, 0.1) is 6.61 Å². The lowest BCUT2D eigenvalue weighted by Crippen LogP contribution is -2.36. The lowest BCUT2D eigenvalue weighted by atomic mass is 9.91. The molecule has 0 aliphatic rings. The summed E-state index contributed by atoms with van der Waals surface area (Å²) in [6.07, 6.45) is 1.76. The topological polar surface area (TPSA) is 38.3 Å². The van der Waals surface area contributed by atoms with E-state index in [0.29, 0.717) is 11.6 Å². The predicted octanol–water partition coefficient (Wildman–Crippen LogP) is 4.65. The summed E-state index contributed by atoms with van der Waals surface area (Å²) in [6, 6.07) is 16.4. The minimum absolute atomic E-state index is 0.203. The summed E-state index contributed by atoms with van der Waals surface area (Å²) in [4.78, 5) is 12.4. The van der Waals surface area contributed by atoms with E-state index < -0.39 is 6.04 Å². The van der Waals surface area contributed by atoms with Gasteiger partial charge in [0.15, 0.2) is 0 Å². The molecule has 0 spiro atoms. The predicted molar refractivity (Wildman–Crippen MR) is 94.9 cm³/mol. The van der Waals surface area contributed by atoms with Gasteiger partial charge < -0.3 is 10.1 Å². The van der Waals surface area contributed by atoms with Gasteiger partial charge in [0.2, 0.25) is 0 Å². The molecular weight excluding hydrogens is 310 g/mol. The molecule has 3 nitrogen and oxygen atoms in total. The number of carbonyl (C=O) groups excluding carboxylic acids is 1. The second-order valence-corrected chi connectivity index (χ2v) is 5.49. The fraction of sp³-hybridized carbons (Fsp3) is 0.211. The molecule has 4 heteroatoms. The highest BCUT2D eigenvalue weighted by molar-refractivity contribution is 6.30. The van der Waals surface area contributed by atoms with Gasteiger partial charge in [0.25, 0.3) is 0 Å². The van der Waals surface area contributed by atoms with Crippen LogP contribution < -0.4 is 5.32 Å². The molecular formula is C19H20ClNO2. The van der Waals surface area contributed by atoms with Gasteiger partial charge in [0, 0.05) is 16.6 Å². The summed E-state index contributed by atoms with van der Waals surface area (Å²) in [5.41, 5.74) is 1.80. The quantitative estimate of drug-likeness (QED) is 0.593. The van der Waals surface area contributed by atoms with Crippen LogP contribution in [0.4, 0.5) is 5.69 Å². The summed E-state index contributed by atoms with van der Waals surface area (Å²) in [7, 11) is 0. The summed E-state index contributed by atoms with van der Waals surface area (Å²) in [6.45, 7) is 6.01. The molecule has 2 atom stereocenters. The molecule has 0 aromatic heterocycles. The van der Waals surface area contributed by atoms with E-state index in [1.54, 1.807) is 25.1 Å². The van der Waals surface area contributed by atoms with Gasteiger partial charge in [-0.2, -0.15) is 0 Å². The number of hydrogen-bond acceptors (Lipinski definition) is 3. The van der Waals surface area contributed by atoms with Gasteiger partial charge in [-0.3, -0.25) is 0 Å². The molecule has 2 aromatic rings. The Kier molecular flexibility index (Phi) is 6.24. The summed E-state index contributed by atoms with van der Waals surface area (Å²) < 4.78 is 5.23. The van der Waals surface area contributed by atoms with Crippen LogP contribution in [0, 0.1) is 0 Å². The van der Waals surface area contributed by atoms with Crippen molar-refractivity contribution in [2.75, 3.05) is 11.9 Å². The van der Waals surface area contributed by atoms with Crippen molar-refractivity contribution in [1.82, 2.24) is 0 Å². The first-order valence-electron chi connectivity index (χ1n) is 7.52. The van der Waals surface area contributed by atoms with Crippen LogP contribution in [0.25, 0.3) is 0 Å². The maximum Gasteiger partial charge on any atom is 0.329 e. The molecule has 0 heterocycles. The van der Waals surface area contributed by atoms with Crippen LogP contribution in [-0.2, 0) is 9.53 Å². The zero-order valence-electron chi connectivity index (χ0n) is 13.0. The molecule has 2 rings (SSSR count). The Morgan fingerprint density at radius 1 is 1.22 bits per heavy atom. The van der Waals surface area contributed by atoms with Gasteiger partial charge in [0.1, 0.15) is 6.04 Å². The molecule has 2 aromatic carbocycles. The summed E-state index contributed by atoms with van der Waals surface area (Å²) in [5, 5.41) is 3.88. The van der Waals surface area contributed by atoms with Crippen molar-refractivity contribution in [3.05, 3.63) is 77.8 Å². The summed E-state index contributed by atoms with van der Waals surface area (Å²) in [5.74, 6) is -0.512. The standard InChI is InChI=1S/C19H20ClNO2/c1-3-17(14-8-6-5-7-9-14)18(19(22)23-4-2)21-16-12-10-15(20)11-13-16/h3,5-13,17-18,21H,1,4H2,2H3/t17-,18-/m1/s1. The third kappa shape index (κ3) is 4.60. The highest BCUT2D eigenvalue weighted by atomic mass is 35.5. The Morgan fingerprint density at radius 3 is 2.43 bits per heavy atom. The zero-order chi connectivity index (χ0) is 16.7. The van der Waals surface area contributed by atoms with Crippen molar-refractivity contribution in [3.63, 3.8) is 0 Å². The first-order valence-corrected chi connectivity index (χ1v) is 7.89. The Balaban J connectivity index is 2.30. The molecule has 0 aliphatic heterocycles. The SMILES string of the molecule is C=C[C@H](c1ccccc1)[C@@H](Nc1ccc(Cl)cc1)C(=O)OCC. The van der Waals surface area contributed by atoms with Crippen LogP contribution in [0.5, 0.6) is 0 Å². The second-order valence-electron chi connectivity index (χ2n) is 5.05. The zero-order valence-corrected chi connectivity index (χ0v) is 13.8. The lowest BCUT2D eigenvalue weighted by molar-refractivity contribution is -0.144. The van der Waals surface area contributed by atoms with E-state index in [-0.39, 0.29) is 11.9 Å². The lowest BCUT2D eigenvalue weighted by Gasteiger charge is -2.25. The number of rotatable bonds is 7. The fourth-order valence-electron chi connectivity index (χ4n) is 2.39. The number of anilines is 1. The van der Waals surface area contributed by atoms with E-state index in [0.717, 1.165) is 11.3 Å². The van der Waals surface area contributed by atoms with Crippen LogP contribution in [0.3, 0.4) is 0 Å². The molecule has 0 saturated carbocycles. The van der Waals surface area contributed by atoms with E-state index >= 15 is 0 Å². The van der Waals surface area contributed by atoms with Crippen molar-refractivity contribution < 1.29 is 9.53 Å². The number of hydrogen-bond donors (Lipinski definition) is 1. The molecule has 23 heavy (non-hydrogen) atoms. The van der Waals surface area contributed by atoms with E-state index in [1.807, 2.05) is 42.5 Å². The Bertz CT molecular complexity index is 640. The largest absolute Gasteiger partial charge is 0.464 e. The van der Waals surface area contributed by atoms with Gasteiger partial charge in [-0.1, -0.05) is 48.0 Å². The number of benzene rings is 2. The molecule has 0 saturated heterocycles. The normalized spacial score (nSPS) is 13.0. The van der Waals surface area contributed by atoms with Gasteiger partial charge in [-0.05, 0) is 36.8 Å². The van der Waals surface area contributed by atoms with Gasteiger partial charge >= 0.3 is 5.97 Å². The monoisotopic (exact) mass is 329 g/mol. The number of ether oxygens (including phenoxy) is 1. The molecule has 0 aliphatic carbocycles. The Morgan fingerprint density at radius 2 is 1.87 bits per heavy atom. The third-order valence-electron chi connectivity index (χ3n) is 3.50. The van der Waals surface area contributed by atoms with Crippen molar-refractivity contribution in [1.29, 1.82) is 0 Å². The number of esters is 1. The van der Waals surface area contributed by atoms with Crippen molar-refractivity contribution in [2.45, 2.75) is 18.9 Å². The minimum Gasteiger partial charge on any atom is -0.464 e. The Hall–Kier alpha value is -2.26. The van der Waals surface area contributed by atoms with E-state index in [4.69, 9.17) is 16.3 Å². The second kappa shape index (κ2) is 8.39. The average Bonchev–Trinajstić information content (AvgIpc) is 2.57. The highest BCUT2D eigenvalue weighted by Gasteiger charge is 2.28. The number of nitrogens with one attached hydrogen (secondary N) is 1. The molecule has 0 amide bonds. The smallest absolute Gasteiger partial charge is 0.329 e. The van der Waals surface area contributed by atoms with Gasteiger partial charge in [-0.25, -0.2) is 4.79 Å². The Labute approximate surface area is 141 Å². The minimum atomic E-state index is -0.559. The van der Waals surface area contributed by atoms with E-state index in [9.17, 15) is 4.79 Å². The van der Waals surface area contributed by atoms with E-state index in [2.05, 4.69) is 11.9 Å². The van der Waals surface area contributed by atoms with Crippen LogP contribution in [0.15, 0.2) is 67.3 Å². The molecule has 0 bridgehead atoms. The molecule has 0 unspecified atom stereocenters. The van der Waals surface area contributed by atoms with Gasteiger partial charge in [-0.15, -0.1) is 6.58 Å². The van der Waals surface area contributed by atoms with E-state index in [1.165, 1.54) is 0 Å². The average molecular weight is 330 g/mol. The van der Waals surface area contributed by atoms with Crippen molar-refractivity contribution in [3.8, 4) is 0 Å². The van der Waals surface area contributed by atoms with Crippen LogP contribution >= 0.6 is 11.6 Å². The summed E-state index contributed by atoms with van der Waals surface area (Å²) >= 11 is 5.91. The molecule has 1 N–H and O–H groups in total. The first kappa shape index (κ1) is 17.1. The molecule has 0 radical (unpaired) electrons. The number of halogens is 1. The van der Waals surface area contributed by atoms with Crippen LogP contribution in [0.2, 0.25) is 5.02 Å². The fourth-order valence-corrected chi connectivity index (χ4v) is 2.52. The maximum absolute atomic E-state index is 12.4.